The Morgan fingerprint density at radius 1 is 1.00 bits per heavy atom. The van der Waals surface area contributed by atoms with E-state index < -0.39 is 10.0 Å². The second kappa shape index (κ2) is 8.19. The van der Waals surface area contributed by atoms with Crippen LogP contribution < -0.4 is 9.21 Å². The van der Waals surface area contributed by atoms with Gasteiger partial charge in [0.1, 0.15) is 0 Å². The molecule has 1 aliphatic heterocycles. The first-order valence-corrected chi connectivity index (χ1v) is 12.1. The summed E-state index contributed by atoms with van der Waals surface area (Å²) in [5, 5.41) is 0. The topological polar surface area (TPSA) is 57.7 Å². The van der Waals surface area contributed by atoms with Crippen molar-refractivity contribution < 1.29 is 13.2 Å². The first-order chi connectivity index (χ1) is 14.8. The monoisotopic (exact) mass is 434 g/mol. The molecule has 0 unspecified atom stereocenters. The number of carbonyl (C=O) groups excluding carboxylic acids is 1. The van der Waals surface area contributed by atoms with Crippen LogP contribution in [-0.2, 0) is 23.0 Å². The SMILES string of the molecule is Cc1ccccc1CN(c1ccc(C(=O)N2c3ccccc3C[C@@H]2C)cc1)S(C)(=O)=O. The predicted molar refractivity (Wildman–Crippen MR) is 125 cm³/mol. The molecule has 0 aromatic heterocycles. The van der Waals surface area contributed by atoms with Crippen LogP contribution in [-0.4, -0.2) is 26.6 Å². The van der Waals surface area contributed by atoms with E-state index >= 15 is 0 Å². The van der Waals surface area contributed by atoms with Crippen LogP contribution in [0.2, 0.25) is 0 Å². The molecule has 1 atom stereocenters. The average molecular weight is 435 g/mol. The molecule has 1 aliphatic rings. The molecule has 4 rings (SSSR count). The number of benzene rings is 3. The summed E-state index contributed by atoms with van der Waals surface area (Å²) in [6.07, 6.45) is 2.03. The molecule has 3 aromatic rings. The van der Waals surface area contributed by atoms with Crippen molar-refractivity contribution in [2.45, 2.75) is 32.9 Å². The number of fused-ring (bicyclic) bond motifs is 1. The molecule has 1 amide bonds. The largest absolute Gasteiger partial charge is 0.305 e. The molecule has 0 radical (unpaired) electrons. The van der Waals surface area contributed by atoms with Crippen molar-refractivity contribution in [1.29, 1.82) is 0 Å². The average Bonchev–Trinajstić information content (AvgIpc) is 3.07. The number of hydrogen-bond acceptors (Lipinski definition) is 3. The number of hydrogen-bond donors (Lipinski definition) is 0. The van der Waals surface area contributed by atoms with Crippen LogP contribution in [0.1, 0.15) is 34.0 Å². The van der Waals surface area contributed by atoms with Crippen LogP contribution in [0.15, 0.2) is 72.8 Å². The Morgan fingerprint density at radius 2 is 1.65 bits per heavy atom. The first-order valence-electron chi connectivity index (χ1n) is 10.3. The van der Waals surface area contributed by atoms with E-state index in [9.17, 15) is 13.2 Å². The predicted octanol–water partition coefficient (Wildman–Crippen LogP) is 4.55. The Hall–Kier alpha value is -3.12. The van der Waals surface area contributed by atoms with Gasteiger partial charge in [-0.3, -0.25) is 9.10 Å². The zero-order chi connectivity index (χ0) is 22.2. The van der Waals surface area contributed by atoms with Crippen molar-refractivity contribution in [1.82, 2.24) is 0 Å². The maximum absolute atomic E-state index is 13.2. The highest BCUT2D eigenvalue weighted by molar-refractivity contribution is 7.92. The molecule has 0 N–H and O–H groups in total. The third kappa shape index (κ3) is 4.21. The van der Waals surface area contributed by atoms with Gasteiger partial charge in [-0.2, -0.15) is 0 Å². The minimum absolute atomic E-state index is 0.0752. The Balaban J connectivity index is 1.62. The van der Waals surface area contributed by atoms with Crippen LogP contribution in [0, 0.1) is 6.92 Å². The molecule has 0 aliphatic carbocycles. The van der Waals surface area contributed by atoms with E-state index in [-0.39, 0.29) is 18.5 Å². The second-order valence-corrected chi connectivity index (χ2v) is 10.0. The highest BCUT2D eigenvalue weighted by Crippen LogP contribution is 2.33. The van der Waals surface area contributed by atoms with Gasteiger partial charge < -0.3 is 4.90 Å². The summed E-state index contributed by atoms with van der Waals surface area (Å²) in [5.74, 6) is -0.0752. The Morgan fingerprint density at radius 3 is 2.32 bits per heavy atom. The standard InChI is InChI=1S/C25H26N2O3S/c1-18-8-4-5-10-22(18)17-26(31(3,29)30)23-14-12-20(13-15-23)25(28)27-19(2)16-21-9-6-7-11-24(21)27/h4-15,19H,16-17H2,1-3H3/t19-/m0/s1. The van der Waals surface area contributed by atoms with Gasteiger partial charge >= 0.3 is 0 Å². The van der Waals surface area contributed by atoms with E-state index in [2.05, 4.69) is 6.07 Å². The lowest BCUT2D eigenvalue weighted by Gasteiger charge is -2.25. The lowest BCUT2D eigenvalue weighted by molar-refractivity contribution is 0.0981. The summed E-state index contributed by atoms with van der Waals surface area (Å²) in [7, 11) is -3.49. The maximum atomic E-state index is 13.2. The zero-order valence-corrected chi connectivity index (χ0v) is 18.8. The number of rotatable bonds is 5. The number of amides is 1. The molecule has 160 valence electrons. The normalized spacial score (nSPS) is 15.6. The highest BCUT2D eigenvalue weighted by Gasteiger charge is 2.31. The van der Waals surface area contributed by atoms with Crippen LogP contribution in [0.4, 0.5) is 11.4 Å². The fraction of sp³-hybridized carbons (Fsp3) is 0.240. The minimum Gasteiger partial charge on any atom is -0.305 e. The van der Waals surface area contributed by atoms with Crippen molar-refractivity contribution in [3.8, 4) is 0 Å². The number of para-hydroxylation sites is 1. The Kier molecular flexibility index (Phi) is 5.58. The van der Waals surface area contributed by atoms with Crippen LogP contribution in [0.3, 0.4) is 0 Å². The molecule has 0 spiro atoms. The van der Waals surface area contributed by atoms with Crippen molar-refractivity contribution >= 4 is 27.3 Å². The number of aryl methyl sites for hydroxylation is 1. The van der Waals surface area contributed by atoms with Crippen molar-refractivity contribution in [2.24, 2.45) is 0 Å². The minimum atomic E-state index is -3.49. The summed E-state index contributed by atoms with van der Waals surface area (Å²) in [5.41, 5.74) is 5.16. The van der Waals surface area contributed by atoms with E-state index in [4.69, 9.17) is 0 Å². The first kappa shape index (κ1) is 21.1. The van der Waals surface area contributed by atoms with Gasteiger partial charge in [0.05, 0.1) is 18.5 Å². The molecule has 31 heavy (non-hydrogen) atoms. The quantitative estimate of drug-likeness (QED) is 0.592. The van der Waals surface area contributed by atoms with Crippen molar-refractivity contribution in [2.75, 3.05) is 15.5 Å². The summed E-state index contributed by atoms with van der Waals surface area (Å²) in [6.45, 7) is 4.25. The molecule has 5 nitrogen and oxygen atoms in total. The van der Waals surface area contributed by atoms with E-state index in [1.165, 1.54) is 16.1 Å². The summed E-state index contributed by atoms with van der Waals surface area (Å²) in [6, 6.07) is 22.6. The summed E-state index contributed by atoms with van der Waals surface area (Å²) >= 11 is 0. The lowest BCUT2D eigenvalue weighted by Crippen LogP contribution is -2.35. The number of nitrogens with zero attached hydrogens (tertiary/aromatic N) is 2. The van der Waals surface area contributed by atoms with Crippen LogP contribution >= 0.6 is 0 Å². The molecular weight excluding hydrogens is 408 g/mol. The maximum Gasteiger partial charge on any atom is 0.258 e. The molecular formula is C25H26N2O3S. The van der Waals surface area contributed by atoms with Gasteiger partial charge in [0.2, 0.25) is 10.0 Å². The lowest BCUT2D eigenvalue weighted by atomic mass is 10.1. The molecule has 0 bridgehead atoms. The van der Waals surface area contributed by atoms with E-state index in [1.807, 2.05) is 61.2 Å². The highest BCUT2D eigenvalue weighted by atomic mass is 32.2. The van der Waals surface area contributed by atoms with Gasteiger partial charge in [-0.05, 0) is 67.3 Å². The Labute approximate surface area is 184 Å². The fourth-order valence-corrected chi connectivity index (χ4v) is 5.00. The van der Waals surface area contributed by atoms with Crippen LogP contribution in [0.25, 0.3) is 0 Å². The van der Waals surface area contributed by atoms with Crippen molar-refractivity contribution in [3.63, 3.8) is 0 Å². The number of anilines is 2. The van der Waals surface area contributed by atoms with E-state index in [1.54, 1.807) is 24.3 Å². The molecule has 3 aromatic carbocycles. The van der Waals surface area contributed by atoms with Gasteiger partial charge in [-0.1, -0.05) is 42.5 Å². The van der Waals surface area contributed by atoms with Crippen LogP contribution in [0.5, 0.6) is 0 Å². The molecule has 0 saturated heterocycles. The van der Waals surface area contributed by atoms with Gasteiger partial charge in [0, 0.05) is 17.3 Å². The van der Waals surface area contributed by atoms with Gasteiger partial charge in [0.15, 0.2) is 0 Å². The number of sulfonamides is 1. The van der Waals surface area contributed by atoms with Gasteiger partial charge in [-0.25, -0.2) is 8.42 Å². The molecule has 0 fully saturated rings. The summed E-state index contributed by atoms with van der Waals surface area (Å²) in [4.78, 5) is 15.1. The third-order valence-corrected chi connectivity index (χ3v) is 6.94. The molecule has 6 heteroatoms. The number of carbonyl (C=O) groups is 1. The third-order valence-electron chi connectivity index (χ3n) is 5.80. The van der Waals surface area contributed by atoms with E-state index in [0.29, 0.717) is 11.3 Å². The fourth-order valence-electron chi connectivity index (χ4n) is 4.13. The van der Waals surface area contributed by atoms with Gasteiger partial charge in [0.25, 0.3) is 5.91 Å². The van der Waals surface area contributed by atoms with Crippen molar-refractivity contribution in [3.05, 3.63) is 95.1 Å². The molecule has 0 saturated carbocycles. The zero-order valence-electron chi connectivity index (χ0n) is 17.9. The molecule has 1 heterocycles. The Bertz CT molecular complexity index is 1220. The summed E-state index contributed by atoms with van der Waals surface area (Å²) < 4.78 is 26.4. The second-order valence-electron chi connectivity index (χ2n) is 8.10. The van der Waals surface area contributed by atoms with E-state index in [0.717, 1.165) is 23.2 Å². The van der Waals surface area contributed by atoms with Gasteiger partial charge in [-0.15, -0.1) is 0 Å². The smallest absolute Gasteiger partial charge is 0.258 e.